The molecule has 3 aliphatic heterocycles. The van der Waals surface area contributed by atoms with Crippen molar-refractivity contribution in [3.63, 3.8) is 0 Å². The van der Waals surface area contributed by atoms with Crippen molar-refractivity contribution in [1.82, 2.24) is 19.6 Å². The smallest absolute Gasteiger partial charge is 0.416 e. The zero-order chi connectivity index (χ0) is 34.9. The van der Waals surface area contributed by atoms with Gasteiger partial charge in [-0.2, -0.15) is 26.3 Å². The Hall–Kier alpha value is -3.32. The van der Waals surface area contributed by atoms with Crippen molar-refractivity contribution in [2.75, 3.05) is 45.8 Å². The van der Waals surface area contributed by atoms with Crippen LogP contribution in [0.3, 0.4) is 0 Å². The minimum atomic E-state index is -5.04. The van der Waals surface area contributed by atoms with Gasteiger partial charge < -0.3 is 14.5 Å². The summed E-state index contributed by atoms with van der Waals surface area (Å²) in [6, 6.07) is 10.4. The van der Waals surface area contributed by atoms with Crippen LogP contribution in [0.2, 0.25) is 0 Å². The number of ether oxygens (including phenoxy) is 1. The lowest BCUT2D eigenvalue weighted by Gasteiger charge is -2.48. The molecule has 2 aromatic rings. The van der Waals surface area contributed by atoms with Crippen LogP contribution in [0.1, 0.15) is 73.5 Å². The summed E-state index contributed by atoms with van der Waals surface area (Å²) in [4.78, 5) is 34.5. The maximum atomic E-state index is 13.7. The fourth-order valence-electron chi connectivity index (χ4n) is 7.17. The molecule has 13 heteroatoms. The third-order valence-corrected chi connectivity index (χ3v) is 9.53. The molecule has 3 unspecified atom stereocenters. The van der Waals surface area contributed by atoms with E-state index in [9.17, 15) is 35.9 Å². The molecule has 0 radical (unpaired) electrons. The highest BCUT2D eigenvalue weighted by Crippen LogP contribution is 2.37. The van der Waals surface area contributed by atoms with Gasteiger partial charge in [0, 0.05) is 69.5 Å². The van der Waals surface area contributed by atoms with Crippen molar-refractivity contribution < 1.29 is 40.7 Å². The predicted octanol–water partition coefficient (Wildman–Crippen LogP) is 6.96. The van der Waals surface area contributed by atoms with E-state index in [2.05, 4.69) is 9.80 Å². The Morgan fingerprint density at radius 3 is 1.92 bits per heavy atom. The van der Waals surface area contributed by atoms with Crippen molar-refractivity contribution in [3.8, 4) is 0 Å². The van der Waals surface area contributed by atoms with E-state index in [1.807, 2.05) is 51.1 Å². The standard InChI is InChI=1S/C35H44F6N4O3/c1-33(2,3)48-32(47)44-12-7-10-29(23-44)43-16-14-42(15-17-43)28-11-13-45(30(22-28)18-24-8-5-4-6-9-24)31(46)25-19-26(34(36,37)38)21-27(20-25)35(39,40)41/h4-6,8-9,19-21,28-30H,7,10-18,22-23H2,1-3H3. The molecule has 3 fully saturated rings. The predicted molar refractivity (Wildman–Crippen MR) is 168 cm³/mol. The Morgan fingerprint density at radius 1 is 0.771 bits per heavy atom. The molecule has 0 aromatic heterocycles. The summed E-state index contributed by atoms with van der Waals surface area (Å²) in [6.07, 6.45) is -6.97. The highest BCUT2D eigenvalue weighted by molar-refractivity contribution is 5.95. The number of alkyl halides is 6. The summed E-state index contributed by atoms with van der Waals surface area (Å²) in [5, 5.41) is 0. The van der Waals surface area contributed by atoms with E-state index in [-0.39, 0.29) is 30.8 Å². The number of nitrogens with zero attached hydrogens (tertiary/aromatic N) is 4. The van der Waals surface area contributed by atoms with Gasteiger partial charge in [0.15, 0.2) is 0 Å². The Bertz CT molecular complexity index is 1390. The summed E-state index contributed by atoms with van der Waals surface area (Å²) in [5.41, 5.74) is -3.25. The molecule has 2 aromatic carbocycles. The van der Waals surface area contributed by atoms with Crippen LogP contribution in [0.5, 0.6) is 0 Å². The van der Waals surface area contributed by atoms with Crippen LogP contribution in [0.4, 0.5) is 31.1 Å². The average Bonchev–Trinajstić information content (AvgIpc) is 3.03. The van der Waals surface area contributed by atoms with Gasteiger partial charge in [0.2, 0.25) is 0 Å². The number of hydrogen-bond donors (Lipinski definition) is 0. The molecule has 0 bridgehead atoms. The number of hydrogen-bond acceptors (Lipinski definition) is 5. The van der Waals surface area contributed by atoms with E-state index in [1.54, 1.807) is 4.90 Å². The lowest BCUT2D eigenvalue weighted by Crippen LogP contribution is -2.59. The summed E-state index contributed by atoms with van der Waals surface area (Å²) >= 11 is 0. The van der Waals surface area contributed by atoms with Crippen LogP contribution in [0.15, 0.2) is 48.5 Å². The lowest BCUT2D eigenvalue weighted by molar-refractivity contribution is -0.143. The van der Waals surface area contributed by atoms with Crippen LogP contribution in [-0.2, 0) is 23.5 Å². The molecule has 264 valence electrons. The quantitative estimate of drug-likeness (QED) is 0.320. The van der Waals surface area contributed by atoms with Crippen molar-refractivity contribution in [1.29, 1.82) is 0 Å². The maximum Gasteiger partial charge on any atom is 0.416 e. The fourth-order valence-corrected chi connectivity index (χ4v) is 7.17. The maximum absolute atomic E-state index is 13.7. The number of benzene rings is 2. The molecule has 0 saturated carbocycles. The monoisotopic (exact) mass is 682 g/mol. The van der Waals surface area contributed by atoms with E-state index in [1.165, 1.54) is 4.90 Å². The molecule has 3 aliphatic rings. The SMILES string of the molecule is CC(C)(C)OC(=O)N1CCCC(N2CCN(C3CCN(C(=O)c4cc(C(F)(F)F)cc(C(F)(F)F)c4)C(Cc4ccccc4)C3)CC2)C1. The number of piperidine rings is 2. The third kappa shape index (κ3) is 9.02. The van der Waals surface area contributed by atoms with Gasteiger partial charge in [-0.15, -0.1) is 0 Å². The van der Waals surface area contributed by atoms with Crippen LogP contribution >= 0.6 is 0 Å². The number of rotatable bonds is 5. The van der Waals surface area contributed by atoms with Crippen molar-refractivity contribution in [2.24, 2.45) is 0 Å². The second kappa shape index (κ2) is 14.3. The first-order chi connectivity index (χ1) is 22.5. The Morgan fingerprint density at radius 2 is 1.35 bits per heavy atom. The molecular formula is C35H44F6N4O3. The van der Waals surface area contributed by atoms with Gasteiger partial charge in [0.1, 0.15) is 5.60 Å². The lowest BCUT2D eigenvalue weighted by atomic mass is 9.90. The van der Waals surface area contributed by atoms with Crippen LogP contribution in [0.25, 0.3) is 0 Å². The number of piperazine rings is 1. The molecule has 0 N–H and O–H groups in total. The van der Waals surface area contributed by atoms with Gasteiger partial charge in [-0.05, 0) is 76.6 Å². The van der Waals surface area contributed by atoms with E-state index < -0.39 is 46.6 Å². The zero-order valence-corrected chi connectivity index (χ0v) is 27.6. The molecular weight excluding hydrogens is 638 g/mol. The first-order valence-corrected chi connectivity index (χ1v) is 16.6. The molecule has 5 rings (SSSR count). The largest absolute Gasteiger partial charge is 0.444 e. The number of carbonyl (C=O) groups is 2. The van der Waals surface area contributed by atoms with Crippen molar-refractivity contribution in [2.45, 2.75) is 89.0 Å². The second-order valence-corrected chi connectivity index (χ2v) is 14.1. The molecule has 48 heavy (non-hydrogen) atoms. The molecule has 3 atom stereocenters. The first kappa shape index (κ1) is 36.0. The van der Waals surface area contributed by atoms with Gasteiger partial charge >= 0.3 is 18.4 Å². The summed E-state index contributed by atoms with van der Waals surface area (Å²) in [6.45, 7) is 10.2. The van der Waals surface area contributed by atoms with Crippen LogP contribution < -0.4 is 0 Å². The second-order valence-electron chi connectivity index (χ2n) is 14.1. The highest BCUT2D eigenvalue weighted by atomic mass is 19.4. The van der Waals surface area contributed by atoms with Gasteiger partial charge in [0.05, 0.1) is 11.1 Å². The minimum absolute atomic E-state index is 0.0481. The third-order valence-electron chi connectivity index (χ3n) is 9.53. The van der Waals surface area contributed by atoms with E-state index in [0.29, 0.717) is 44.5 Å². The molecule has 7 nitrogen and oxygen atoms in total. The topological polar surface area (TPSA) is 56.3 Å². The van der Waals surface area contributed by atoms with Gasteiger partial charge in [-0.1, -0.05) is 30.3 Å². The molecule has 0 aliphatic carbocycles. The van der Waals surface area contributed by atoms with Crippen molar-refractivity contribution in [3.05, 3.63) is 70.8 Å². The van der Waals surface area contributed by atoms with Gasteiger partial charge in [0.25, 0.3) is 5.91 Å². The van der Waals surface area contributed by atoms with E-state index in [4.69, 9.17) is 4.74 Å². The van der Waals surface area contributed by atoms with Gasteiger partial charge in [-0.25, -0.2) is 4.79 Å². The van der Waals surface area contributed by atoms with E-state index >= 15 is 0 Å². The summed E-state index contributed by atoms with van der Waals surface area (Å²) in [5.74, 6) is -0.831. The zero-order valence-electron chi connectivity index (χ0n) is 27.6. The summed E-state index contributed by atoms with van der Waals surface area (Å²) < 4.78 is 87.2. The molecule has 3 saturated heterocycles. The highest BCUT2D eigenvalue weighted by Gasteiger charge is 2.41. The minimum Gasteiger partial charge on any atom is -0.444 e. The van der Waals surface area contributed by atoms with Crippen LogP contribution in [0, 0.1) is 0 Å². The van der Waals surface area contributed by atoms with E-state index in [0.717, 1.165) is 44.6 Å². The van der Waals surface area contributed by atoms with Crippen molar-refractivity contribution >= 4 is 12.0 Å². The molecule has 0 spiro atoms. The Kier molecular flexibility index (Phi) is 10.7. The number of likely N-dealkylation sites (tertiary alicyclic amines) is 2. The fraction of sp³-hybridized carbons (Fsp3) is 0.600. The Balaban J connectivity index is 1.28. The summed E-state index contributed by atoms with van der Waals surface area (Å²) in [7, 11) is 0. The van der Waals surface area contributed by atoms with Crippen LogP contribution in [-0.4, -0.2) is 101 Å². The average molecular weight is 683 g/mol. The first-order valence-electron chi connectivity index (χ1n) is 16.6. The number of halogens is 6. The molecule has 2 amide bonds. The number of carbonyl (C=O) groups excluding carboxylic acids is 2. The molecule has 3 heterocycles. The normalized spacial score (nSPS) is 23.6. The number of amides is 2. The Labute approximate surface area is 277 Å². The van der Waals surface area contributed by atoms with Gasteiger partial charge in [-0.3, -0.25) is 14.6 Å².